The maximum atomic E-state index is 11.9. The summed E-state index contributed by atoms with van der Waals surface area (Å²) in [4.78, 5) is 0.193. The van der Waals surface area contributed by atoms with Crippen molar-refractivity contribution in [3.63, 3.8) is 0 Å². The Labute approximate surface area is 98.9 Å². The SMILES string of the molecule is CN(C)S(=O)(=O)c1cccc(-c2nnco2)c1. The molecule has 0 amide bonds. The molecule has 0 atom stereocenters. The Morgan fingerprint density at radius 1 is 1.29 bits per heavy atom. The summed E-state index contributed by atoms with van der Waals surface area (Å²) in [7, 11) is -0.485. The predicted octanol–water partition coefficient (Wildman–Crippen LogP) is 0.987. The van der Waals surface area contributed by atoms with Crippen molar-refractivity contribution in [2.24, 2.45) is 0 Å². The van der Waals surface area contributed by atoms with Crippen LogP contribution in [-0.4, -0.2) is 37.0 Å². The van der Waals surface area contributed by atoms with E-state index >= 15 is 0 Å². The van der Waals surface area contributed by atoms with Crippen molar-refractivity contribution < 1.29 is 12.8 Å². The normalized spacial score (nSPS) is 11.9. The predicted molar refractivity (Wildman–Crippen MR) is 60.6 cm³/mol. The van der Waals surface area contributed by atoms with Gasteiger partial charge in [0.1, 0.15) is 0 Å². The summed E-state index contributed by atoms with van der Waals surface area (Å²) < 4.78 is 30.0. The first-order chi connectivity index (χ1) is 8.01. The number of sulfonamides is 1. The van der Waals surface area contributed by atoms with E-state index in [-0.39, 0.29) is 4.90 Å². The van der Waals surface area contributed by atoms with Crippen LogP contribution in [0, 0.1) is 0 Å². The lowest BCUT2D eigenvalue weighted by Gasteiger charge is -2.11. The monoisotopic (exact) mass is 253 g/mol. The van der Waals surface area contributed by atoms with Crippen LogP contribution in [-0.2, 0) is 10.0 Å². The molecule has 0 N–H and O–H groups in total. The van der Waals surface area contributed by atoms with Gasteiger partial charge in [-0.1, -0.05) is 6.07 Å². The van der Waals surface area contributed by atoms with Crippen LogP contribution in [0.3, 0.4) is 0 Å². The molecule has 0 saturated carbocycles. The van der Waals surface area contributed by atoms with E-state index in [1.807, 2.05) is 0 Å². The highest BCUT2D eigenvalue weighted by atomic mass is 32.2. The number of hydrogen-bond acceptors (Lipinski definition) is 5. The highest BCUT2D eigenvalue weighted by Crippen LogP contribution is 2.21. The van der Waals surface area contributed by atoms with Gasteiger partial charge in [0.2, 0.25) is 22.3 Å². The number of aromatic nitrogens is 2. The summed E-state index contributed by atoms with van der Waals surface area (Å²) in [6.07, 6.45) is 1.20. The van der Waals surface area contributed by atoms with Crippen molar-refractivity contribution in [3.8, 4) is 11.5 Å². The van der Waals surface area contributed by atoms with E-state index in [0.29, 0.717) is 11.5 Å². The van der Waals surface area contributed by atoms with Crippen LogP contribution in [0.15, 0.2) is 40.0 Å². The van der Waals surface area contributed by atoms with E-state index in [1.165, 1.54) is 32.6 Å². The first-order valence-corrected chi connectivity index (χ1v) is 6.25. The molecule has 0 aliphatic carbocycles. The third kappa shape index (κ3) is 2.20. The molecular formula is C10H11N3O3S. The maximum absolute atomic E-state index is 11.9. The second kappa shape index (κ2) is 4.27. The van der Waals surface area contributed by atoms with E-state index in [4.69, 9.17) is 4.42 Å². The Kier molecular flexibility index (Phi) is 2.95. The first-order valence-electron chi connectivity index (χ1n) is 4.81. The lowest BCUT2D eigenvalue weighted by molar-refractivity contribution is 0.520. The van der Waals surface area contributed by atoms with Gasteiger partial charge < -0.3 is 4.42 Å². The average Bonchev–Trinajstić information content (AvgIpc) is 2.82. The second-order valence-corrected chi connectivity index (χ2v) is 5.71. The summed E-state index contributed by atoms with van der Waals surface area (Å²) in [6, 6.07) is 6.37. The van der Waals surface area contributed by atoms with Gasteiger partial charge >= 0.3 is 0 Å². The van der Waals surface area contributed by atoms with Gasteiger partial charge in [-0.3, -0.25) is 0 Å². The molecule has 0 saturated heterocycles. The van der Waals surface area contributed by atoms with Crippen molar-refractivity contribution in [1.29, 1.82) is 0 Å². The molecule has 0 aliphatic rings. The molecule has 0 fully saturated rings. The molecule has 0 bridgehead atoms. The quantitative estimate of drug-likeness (QED) is 0.815. The Balaban J connectivity index is 2.50. The van der Waals surface area contributed by atoms with Gasteiger partial charge in [0.05, 0.1) is 4.90 Å². The molecule has 6 nitrogen and oxygen atoms in total. The molecule has 17 heavy (non-hydrogen) atoms. The minimum absolute atomic E-state index is 0.193. The fourth-order valence-electron chi connectivity index (χ4n) is 1.30. The molecular weight excluding hydrogens is 242 g/mol. The average molecular weight is 253 g/mol. The van der Waals surface area contributed by atoms with Crippen LogP contribution in [0.4, 0.5) is 0 Å². The number of hydrogen-bond donors (Lipinski definition) is 0. The Hall–Kier alpha value is -1.73. The molecule has 7 heteroatoms. The molecule has 90 valence electrons. The van der Waals surface area contributed by atoms with E-state index in [0.717, 1.165) is 4.31 Å². The van der Waals surface area contributed by atoms with Crippen molar-refractivity contribution in [1.82, 2.24) is 14.5 Å². The van der Waals surface area contributed by atoms with Crippen molar-refractivity contribution in [3.05, 3.63) is 30.7 Å². The summed E-state index contributed by atoms with van der Waals surface area (Å²) in [5, 5.41) is 7.28. The molecule has 0 unspecified atom stereocenters. The lowest BCUT2D eigenvalue weighted by atomic mass is 10.2. The Bertz CT molecular complexity index is 605. The summed E-state index contributed by atoms with van der Waals surface area (Å²) >= 11 is 0. The van der Waals surface area contributed by atoms with Crippen LogP contribution in [0.1, 0.15) is 0 Å². The van der Waals surface area contributed by atoms with Crippen molar-refractivity contribution in [2.75, 3.05) is 14.1 Å². The van der Waals surface area contributed by atoms with E-state index < -0.39 is 10.0 Å². The van der Waals surface area contributed by atoms with Crippen molar-refractivity contribution >= 4 is 10.0 Å². The number of rotatable bonds is 3. The zero-order valence-corrected chi connectivity index (χ0v) is 10.2. The molecule has 1 aromatic carbocycles. The van der Waals surface area contributed by atoms with Gasteiger partial charge in [0.25, 0.3) is 0 Å². The van der Waals surface area contributed by atoms with Crippen molar-refractivity contribution in [2.45, 2.75) is 4.90 Å². The highest BCUT2D eigenvalue weighted by molar-refractivity contribution is 7.89. The standard InChI is InChI=1S/C10H11N3O3S/c1-13(2)17(14,15)9-5-3-4-8(6-9)10-12-11-7-16-10/h3-7H,1-2H3. The smallest absolute Gasteiger partial charge is 0.247 e. The molecule has 2 rings (SSSR count). The molecule has 1 aromatic heterocycles. The summed E-state index contributed by atoms with van der Waals surface area (Å²) in [5.74, 6) is 0.292. The number of benzene rings is 1. The van der Waals surface area contributed by atoms with Crippen LogP contribution in [0.5, 0.6) is 0 Å². The third-order valence-corrected chi connectivity index (χ3v) is 4.03. The zero-order valence-electron chi connectivity index (χ0n) is 9.36. The third-order valence-electron chi connectivity index (χ3n) is 2.22. The van der Waals surface area contributed by atoms with E-state index in [9.17, 15) is 8.42 Å². The van der Waals surface area contributed by atoms with Crippen LogP contribution >= 0.6 is 0 Å². The largest absolute Gasteiger partial charge is 0.423 e. The fraction of sp³-hybridized carbons (Fsp3) is 0.200. The number of nitrogens with zero attached hydrogens (tertiary/aromatic N) is 3. The molecule has 0 radical (unpaired) electrons. The van der Waals surface area contributed by atoms with Gasteiger partial charge in [-0.2, -0.15) is 0 Å². The topological polar surface area (TPSA) is 76.3 Å². The highest BCUT2D eigenvalue weighted by Gasteiger charge is 2.18. The fourth-order valence-corrected chi connectivity index (χ4v) is 2.25. The molecule has 0 aliphatic heterocycles. The first kappa shape index (κ1) is 11.7. The zero-order chi connectivity index (χ0) is 12.5. The van der Waals surface area contributed by atoms with Crippen LogP contribution in [0.25, 0.3) is 11.5 Å². The lowest BCUT2D eigenvalue weighted by Crippen LogP contribution is -2.22. The minimum atomic E-state index is -3.45. The van der Waals surface area contributed by atoms with Gasteiger partial charge in [-0.05, 0) is 18.2 Å². The van der Waals surface area contributed by atoms with Gasteiger partial charge in [-0.15, -0.1) is 10.2 Å². The van der Waals surface area contributed by atoms with Gasteiger partial charge in [0, 0.05) is 19.7 Å². The van der Waals surface area contributed by atoms with Gasteiger partial charge in [0.15, 0.2) is 0 Å². The summed E-state index contributed by atoms with van der Waals surface area (Å²) in [6.45, 7) is 0. The van der Waals surface area contributed by atoms with Crippen LogP contribution in [0.2, 0.25) is 0 Å². The molecule has 1 heterocycles. The summed E-state index contributed by atoms with van der Waals surface area (Å²) in [5.41, 5.74) is 0.574. The minimum Gasteiger partial charge on any atom is -0.423 e. The van der Waals surface area contributed by atoms with E-state index in [2.05, 4.69) is 10.2 Å². The Morgan fingerprint density at radius 2 is 2.06 bits per heavy atom. The Morgan fingerprint density at radius 3 is 2.65 bits per heavy atom. The maximum Gasteiger partial charge on any atom is 0.247 e. The van der Waals surface area contributed by atoms with Gasteiger partial charge in [-0.25, -0.2) is 12.7 Å². The second-order valence-electron chi connectivity index (χ2n) is 3.56. The molecule has 0 spiro atoms. The van der Waals surface area contributed by atoms with E-state index in [1.54, 1.807) is 12.1 Å². The molecule has 2 aromatic rings. The van der Waals surface area contributed by atoms with Crippen LogP contribution < -0.4 is 0 Å².